The number of rotatable bonds is 11. The first-order valence-corrected chi connectivity index (χ1v) is 11.7. The molecule has 0 bridgehead atoms. The Morgan fingerprint density at radius 3 is 1.21 bits per heavy atom. The monoisotopic (exact) mass is 470 g/mol. The fourth-order valence-corrected chi connectivity index (χ4v) is 3.49. The van der Waals surface area contributed by atoms with Crippen molar-refractivity contribution < 1.29 is 29.6 Å². The SMILES string of the molecule is CC(C)(O)C(C)(C)OB(OC(C)(C)C(C)(C)O)[C@H](c1ccccc1)[C@@H](B(O)O)c1ccccc1. The van der Waals surface area contributed by atoms with Crippen LogP contribution in [0.1, 0.15) is 78.2 Å². The lowest BCUT2D eigenvalue weighted by Gasteiger charge is -2.46. The van der Waals surface area contributed by atoms with Gasteiger partial charge < -0.3 is 29.6 Å². The van der Waals surface area contributed by atoms with Gasteiger partial charge in [0.1, 0.15) is 0 Å². The van der Waals surface area contributed by atoms with Crippen molar-refractivity contribution in [2.24, 2.45) is 0 Å². The lowest BCUT2D eigenvalue weighted by molar-refractivity contribution is -0.136. The van der Waals surface area contributed by atoms with Crippen molar-refractivity contribution in [2.75, 3.05) is 0 Å². The van der Waals surface area contributed by atoms with Crippen molar-refractivity contribution in [3.05, 3.63) is 71.8 Å². The Morgan fingerprint density at radius 1 is 0.588 bits per heavy atom. The molecule has 4 N–H and O–H groups in total. The maximum Gasteiger partial charge on any atom is 0.465 e. The average Bonchev–Trinajstić information content (AvgIpc) is 2.70. The second-order valence-electron chi connectivity index (χ2n) is 11.0. The van der Waals surface area contributed by atoms with Crippen LogP contribution in [0.4, 0.5) is 0 Å². The van der Waals surface area contributed by atoms with Crippen LogP contribution in [0.2, 0.25) is 0 Å². The van der Waals surface area contributed by atoms with Crippen molar-refractivity contribution >= 4 is 14.2 Å². The number of hydrogen-bond acceptors (Lipinski definition) is 6. The smallest absolute Gasteiger partial charge is 0.427 e. The van der Waals surface area contributed by atoms with Gasteiger partial charge in [0.25, 0.3) is 0 Å². The summed E-state index contributed by atoms with van der Waals surface area (Å²) < 4.78 is 13.0. The number of benzene rings is 2. The van der Waals surface area contributed by atoms with Gasteiger partial charge in [-0.2, -0.15) is 0 Å². The third kappa shape index (κ3) is 6.72. The van der Waals surface area contributed by atoms with E-state index in [1.807, 2.05) is 60.7 Å². The van der Waals surface area contributed by atoms with Crippen molar-refractivity contribution in [1.29, 1.82) is 0 Å². The molecule has 0 aliphatic rings. The van der Waals surface area contributed by atoms with Gasteiger partial charge in [0.2, 0.25) is 0 Å². The standard InChI is InChI=1S/C26H40B2O6/c1-23(2,29)25(5,6)33-28(34-26(7,8)24(3,4)30)22(20-17-13-10-14-18-20)21(27(31)32)19-15-11-9-12-16-19/h9-18,21-22,29-32H,1-8H3/t21-,22+/m0/s1. The van der Waals surface area contributed by atoms with Crippen LogP contribution in [0.5, 0.6) is 0 Å². The molecule has 2 aromatic rings. The van der Waals surface area contributed by atoms with Crippen molar-refractivity contribution in [3.8, 4) is 0 Å². The summed E-state index contributed by atoms with van der Waals surface area (Å²) in [7, 11) is -2.78. The van der Waals surface area contributed by atoms with Crippen LogP contribution in [0.15, 0.2) is 60.7 Å². The molecule has 8 heteroatoms. The Balaban J connectivity index is 2.74. The second kappa shape index (κ2) is 10.5. The molecule has 0 heterocycles. The highest BCUT2D eigenvalue weighted by Gasteiger charge is 2.52. The predicted octanol–water partition coefficient (Wildman–Crippen LogP) is 3.73. The molecule has 0 saturated heterocycles. The van der Waals surface area contributed by atoms with Gasteiger partial charge in [0.05, 0.1) is 22.4 Å². The Labute approximate surface area is 205 Å². The molecule has 0 aromatic heterocycles. The van der Waals surface area contributed by atoms with E-state index in [0.29, 0.717) is 5.56 Å². The van der Waals surface area contributed by atoms with Gasteiger partial charge in [-0.25, -0.2) is 0 Å². The van der Waals surface area contributed by atoms with E-state index in [1.165, 1.54) is 0 Å². The Bertz CT molecular complexity index is 861. The van der Waals surface area contributed by atoms with Crippen LogP contribution in [-0.4, -0.2) is 56.9 Å². The molecule has 0 radical (unpaired) electrons. The highest BCUT2D eigenvalue weighted by molar-refractivity contribution is 6.53. The van der Waals surface area contributed by atoms with Gasteiger partial charge in [0.15, 0.2) is 0 Å². The average molecular weight is 470 g/mol. The second-order valence-corrected chi connectivity index (χ2v) is 11.0. The van der Waals surface area contributed by atoms with Gasteiger partial charge in [-0.15, -0.1) is 0 Å². The highest BCUT2D eigenvalue weighted by Crippen LogP contribution is 2.41. The van der Waals surface area contributed by atoms with E-state index >= 15 is 0 Å². The Hall–Kier alpha value is -1.67. The third-order valence-electron chi connectivity index (χ3n) is 7.14. The minimum absolute atomic E-state index is 0.688. The minimum Gasteiger partial charge on any atom is -0.427 e. The van der Waals surface area contributed by atoms with Crippen LogP contribution in [0.3, 0.4) is 0 Å². The van der Waals surface area contributed by atoms with E-state index in [9.17, 15) is 20.3 Å². The van der Waals surface area contributed by atoms with Gasteiger partial charge in [-0.05, 0) is 66.5 Å². The van der Waals surface area contributed by atoms with Crippen molar-refractivity contribution in [2.45, 2.75) is 89.4 Å². The summed E-state index contributed by atoms with van der Waals surface area (Å²) >= 11 is 0. The first kappa shape index (κ1) is 28.6. The van der Waals surface area contributed by atoms with E-state index in [1.54, 1.807) is 55.4 Å². The molecule has 2 aromatic carbocycles. The van der Waals surface area contributed by atoms with E-state index in [0.717, 1.165) is 5.56 Å². The van der Waals surface area contributed by atoms with Gasteiger partial charge in [0, 0.05) is 11.6 Å². The summed E-state index contributed by atoms with van der Waals surface area (Å²) in [6, 6.07) is 18.6. The zero-order chi connectivity index (χ0) is 25.9. The van der Waals surface area contributed by atoms with E-state index in [4.69, 9.17) is 9.31 Å². The molecule has 186 valence electrons. The molecule has 2 atom stereocenters. The molecule has 0 spiro atoms. The zero-order valence-electron chi connectivity index (χ0n) is 21.7. The number of hydrogen-bond donors (Lipinski definition) is 4. The molecule has 2 rings (SSSR count). The lowest BCUT2D eigenvalue weighted by atomic mass is 9.49. The van der Waals surface area contributed by atoms with E-state index in [2.05, 4.69) is 0 Å². The highest BCUT2D eigenvalue weighted by atomic mass is 16.6. The van der Waals surface area contributed by atoms with Crippen LogP contribution < -0.4 is 0 Å². The quantitative estimate of drug-likeness (QED) is 0.374. The van der Waals surface area contributed by atoms with Crippen molar-refractivity contribution in [3.63, 3.8) is 0 Å². The zero-order valence-corrected chi connectivity index (χ0v) is 21.7. The van der Waals surface area contributed by atoms with Crippen LogP contribution in [0, 0.1) is 0 Å². The number of aliphatic hydroxyl groups is 2. The largest absolute Gasteiger partial charge is 0.465 e. The summed E-state index contributed by atoms with van der Waals surface area (Å²) in [4.78, 5) is 0. The van der Waals surface area contributed by atoms with Crippen LogP contribution in [-0.2, 0) is 9.31 Å². The fraction of sp³-hybridized carbons (Fsp3) is 0.538. The van der Waals surface area contributed by atoms with Crippen molar-refractivity contribution in [1.82, 2.24) is 0 Å². The summed E-state index contributed by atoms with van der Waals surface area (Å²) in [6.07, 6.45) is 0. The summed E-state index contributed by atoms with van der Waals surface area (Å²) in [5, 5.41) is 42.9. The van der Waals surface area contributed by atoms with E-state index < -0.39 is 48.3 Å². The Kier molecular flexibility index (Phi) is 8.84. The molecule has 0 aliphatic carbocycles. The van der Waals surface area contributed by atoms with Gasteiger partial charge in [-0.1, -0.05) is 60.7 Å². The molecule has 0 amide bonds. The molecule has 0 unspecified atom stereocenters. The molecular weight excluding hydrogens is 430 g/mol. The minimum atomic E-state index is -1.72. The van der Waals surface area contributed by atoms with Crippen LogP contribution in [0.25, 0.3) is 0 Å². The summed E-state index contributed by atoms with van der Waals surface area (Å²) in [5.41, 5.74) is -3.17. The maximum atomic E-state index is 10.8. The fourth-order valence-electron chi connectivity index (χ4n) is 3.49. The predicted molar refractivity (Wildman–Crippen MR) is 137 cm³/mol. The topological polar surface area (TPSA) is 99.4 Å². The summed E-state index contributed by atoms with van der Waals surface area (Å²) in [6.45, 7) is 13.6. The molecule has 0 aliphatic heterocycles. The van der Waals surface area contributed by atoms with Gasteiger partial charge >= 0.3 is 14.2 Å². The summed E-state index contributed by atoms with van der Waals surface area (Å²) in [5.74, 6) is -1.50. The lowest BCUT2D eigenvalue weighted by Crippen LogP contribution is -2.58. The van der Waals surface area contributed by atoms with E-state index in [-0.39, 0.29) is 0 Å². The molecule has 0 fully saturated rings. The first-order valence-electron chi connectivity index (χ1n) is 11.7. The van der Waals surface area contributed by atoms with Crippen LogP contribution >= 0.6 is 0 Å². The normalized spacial score (nSPS) is 15.1. The Morgan fingerprint density at radius 2 is 0.912 bits per heavy atom. The third-order valence-corrected chi connectivity index (χ3v) is 7.14. The first-order chi connectivity index (χ1) is 15.5. The maximum absolute atomic E-state index is 10.8. The van der Waals surface area contributed by atoms with Gasteiger partial charge in [-0.3, -0.25) is 0 Å². The molecule has 34 heavy (non-hydrogen) atoms. The molecule has 6 nitrogen and oxygen atoms in total. The molecular formula is C26H40B2O6. The molecule has 0 saturated carbocycles.